The molecular weight excluding hydrogens is 522 g/mol. The van der Waals surface area contributed by atoms with Crippen LogP contribution in [0.2, 0.25) is 0 Å². The molecule has 0 bridgehead atoms. The fraction of sp³-hybridized carbons (Fsp3) is 0.0278. The summed E-state index contributed by atoms with van der Waals surface area (Å²) in [6.07, 6.45) is 0. The summed E-state index contributed by atoms with van der Waals surface area (Å²) in [4.78, 5) is 44.8. The Morgan fingerprint density at radius 2 is 1.00 bits per heavy atom. The minimum atomic E-state index is -1.86. The van der Waals surface area contributed by atoms with Crippen LogP contribution in [0, 0.1) is 0 Å². The van der Waals surface area contributed by atoms with Gasteiger partial charge in [-0.25, -0.2) is 0 Å². The summed E-state index contributed by atoms with van der Waals surface area (Å²) in [6.45, 7) is 0. The van der Waals surface area contributed by atoms with Gasteiger partial charge >= 0.3 is 5.91 Å². The molecule has 1 fully saturated rings. The molecule has 0 radical (unpaired) electrons. The number of rotatable bonds is 7. The first kappa shape index (κ1) is 26.5. The highest BCUT2D eigenvalue weighted by Gasteiger charge is 2.62. The molecule has 0 saturated carbocycles. The molecule has 0 aliphatic carbocycles. The maximum atomic E-state index is 14.9. The summed E-state index contributed by atoms with van der Waals surface area (Å²) in [5.41, 5.74) is 1.32. The number of benzene rings is 5. The number of ketones is 1. The minimum absolute atomic E-state index is 0.0334. The molecule has 5 aromatic rings. The maximum absolute atomic E-state index is 14.9. The molecule has 1 aliphatic heterocycles. The van der Waals surface area contributed by atoms with E-state index in [1.807, 2.05) is 91.0 Å². The van der Waals surface area contributed by atoms with Crippen molar-refractivity contribution in [1.82, 2.24) is 0 Å². The van der Waals surface area contributed by atoms with E-state index >= 15 is 0 Å². The van der Waals surface area contributed by atoms with Gasteiger partial charge in [0.05, 0.1) is 11.3 Å². The second-order valence-corrected chi connectivity index (χ2v) is 9.81. The summed E-state index contributed by atoms with van der Waals surface area (Å²) in [6, 6.07) is 45.5. The van der Waals surface area contributed by atoms with Crippen molar-refractivity contribution in [2.45, 2.75) is 5.54 Å². The molecule has 42 heavy (non-hydrogen) atoms. The standard InChI is InChI=1S/C36H27N3O3/c40-33-31(32(26-16-6-1-7-17-26)37-28-20-10-3-11-21-28)36(27-18-8-2-9-19-27,35(42)38-29-22-12-4-13-23-29)39(34(33)41)30-24-14-5-15-25-30/h1-25,37H,(H,38,42)/b32-31-/t36-/m1/s1. The number of Topliss-reactive ketones (excluding diaryl/α,β-unsaturated/α-hetero) is 1. The Morgan fingerprint density at radius 3 is 1.55 bits per heavy atom. The average molecular weight is 550 g/mol. The summed E-state index contributed by atoms with van der Waals surface area (Å²) in [5.74, 6) is -2.11. The molecule has 0 spiro atoms. The van der Waals surface area contributed by atoms with Crippen molar-refractivity contribution in [3.05, 3.63) is 168 Å². The van der Waals surface area contributed by atoms with Gasteiger partial charge in [-0.05, 0) is 47.5 Å². The zero-order chi connectivity index (χ0) is 28.9. The molecule has 6 rings (SSSR count). The lowest BCUT2D eigenvalue weighted by atomic mass is 9.79. The zero-order valence-corrected chi connectivity index (χ0v) is 22.6. The van der Waals surface area contributed by atoms with E-state index in [1.165, 1.54) is 4.90 Å². The van der Waals surface area contributed by atoms with Crippen LogP contribution in [-0.2, 0) is 19.9 Å². The Hall–Kier alpha value is -5.75. The number of para-hydroxylation sites is 3. The lowest BCUT2D eigenvalue weighted by Gasteiger charge is -2.38. The number of nitrogens with zero attached hydrogens (tertiary/aromatic N) is 1. The zero-order valence-electron chi connectivity index (χ0n) is 22.6. The van der Waals surface area contributed by atoms with Crippen molar-refractivity contribution in [2.24, 2.45) is 0 Å². The van der Waals surface area contributed by atoms with Gasteiger partial charge in [0.25, 0.3) is 11.7 Å². The molecule has 0 aromatic heterocycles. The number of nitrogens with one attached hydrogen (secondary N) is 2. The lowest BCUT2D eigenvalue weighted by molar-refractivity contribution is -0.132. The molecule has 1 saturated heterocycles. The van der Waals surface area contributed by atoms with Crippen LogP contribution in [0.1, 0.15) is 11.1 Å². The van der Waals surface area contributed by atoms with E-state index in [9.17, 15) is 14.4 Å². The predicted molar refractivity (Wildman–Crippen MR) is 166 cm³/mol. The van der Waals surface area contributed by atoms with E-state index in [1.54, 1.807) is 60.7 Å². The molecule has 6 nitrogen and oxygen atoms in total. The highest BCUT2D eigenvalue weighted by atomic mass is 16.2. The van der Waals surface area contributed by atoms with Crippen LogP contribution < -0.4 is 15.5 Å². The number of carbonyl (C=O) groups excluding carboxylic acids is 3. The topological polar surface area (TPSA) is 78.5 Å². The highest BCUT2D eigenvalue weighted by molar-refractivity contribution is 6.55. The molecule has 2 amide bonds. The molecule has 204 valence electrons. The van der Waals surface area contributed by atoms with E-state index in [-0.39, 0.29) is 5.57 Å². The largest absolute Gasteiger partial charge is 0.355 e. The Kier molecular flexibility index (Phi) is 7.18. The van der Waals surface area contributed by atoms with Crippen molar-refractivity contribution in [1.29, 1.82) is 0 Å². The van der Waals surface area contributed by atoms with Gasteiger partial charge in [-0.15, -0.1) is 0 Å². The van der Waals surface area contributed by atoms with Crippen LogP contribution in [0.3, 0.4) is 0 Å². The first-order chi connectivity index (χ1) is 20.6. The van der Waals surface area contributed by atoms with Gasteiger partial charge in [-0.1, -0.05) is 115 Å². The first-order valence-corrected chi connectivity index (χ1v) is 13.6. The van der Waals surface area contributed by atoms with Gasteiger partial charge < -0.3 is 10.6 Å². The van der Waals surface area contributed by atoms with Crippen LogP contribution in [0.15, 0.2) is 157 Å². The van der Waals surface area contributed by atoms with Gasteiger partial charge in [0.15, 0.2) is 5.54 Å². The number of hydrogen-bond donors (Lipinski definition) is 2. The van der Waals surface area contributed by atoms with Crippen molar-refractivity contribution in [2.75, 3.05) is 15.5 Å². The quantitative estimate of drug-likeness (QED) is 0.176. The Bertz CT molecular complexity index is 1760. The second-order valence-electron chi connectivity index (χ2n) is 9.81. The third-order valence-corrected chi connectivity index (χ3v) is 7.24. The third kappa shape index (κ3) is 4.65. The predicted octanol–water partition coefficient (Wildman–Crippen LogP) is 6.66. The molecular formula is C36H27N3O3. The van der Waals surface area contributed by atoms with E-state index in [2.05, 4.69) is 10.6 Å². The minimum Gasteiger partial charge on any atom is -0.355 e. The van der Waals surface area contributed by atoms with Gasteiger partial charge in [0, 0.05) is 17.1 Å². The average Bonchev–Trinajstić information content (AvgIpc) is 3.29. The molecule has 1 heterocycles. The summed E-state index contributed by atoms with van der Waals surface area (Å²) < 4.78 is 0. The van der Waals surface area contributed by atoms with E-state index in [0.29, 0.717) is 33.9 Å². The van der Waals surface area contributed by atoms with Crippen molar-refractivity contribution in [3.63, 3.8) is 0 Å². The second kappa shape index (κ2) is 11.4. The van der Waals surface area contributed by atoms with Crippen LogP contribution in [-0.4, -0.2) is 17.6 Å². The monoisotopic (exact) mass is 549 g/mol. The number of amides is 2. The normalized spacial score (nSPS) is 17.6. The Labute approximate surface area is 243 Å². The Balaban J connectivity index is 1.73. The van der Waals surface area contributed by atoms with E-state index in [0.717, 1.165) is 0 Å². The number of anilines is 3. The molecule has 1 aliphatic rings. The SMILES string of the molecule is O=C1C(=O)N(c2ccccc2)[C@](C(=O)Nc2ccccc2)(c2ccccc2)/C1=C(\Nc1ccccc1)c1ccccc1. The maximum Gasteiger partial charge on any atom is 0.300 e. The summed E-state index contributed by atoms with van der Waals surface area (Å²) in [7, 11) is 0. The van der Waals surface area contributed by atoms with Crippen LogP contribution >= 0.6 is 0 Å². The van der Waals surface area contributed by atoms with E-state index in [4.69, 9.17) is 0 Å². The van der Waals surface area contributed by atoms with Crippen LogP contribution in [0.4, 0.5) is 17.1 Å². The molecule has 1 atom stereocenters. The lowest BCUT2D eigenvalue weighted by Crippen LogP contribution is -2.53. The van der Waals surface area contributed by atoms with Gasteiger partial charge in [-0.3, -0.25) is 19.3 Å². The summed E-state index contributed by atoms with van der Waals surface area (Å²) >= 11 is 0. The highest BCUT2D eigenvalue weighted by Crippen LogP contribution is 2.48. The van der Waals surface area contributed by atoms with Crippen molar-refractivity contribution in [3.8, 4) is 0 Å². The fourth-order valence-corrected chi connectivity index (χ4v) is 5.41. The molecule has 6 heteroatoms. The van der Waals surface area contributed by atoms with Crippen molar-refractivity contribution >= 4 is 40.4 Å². The van der Waals surface area contributed by atoms with E-state index < -0.39 is 23.1 Å². The summed E-state index contributed by atoms with van der Waals surface area (Å²) in [5, 5.41) is 6.42. The fourth-order valence-electron chi connectivity index (χ4n) is 5.41. The van der Waals surface area contributed by atoms with Gasteiger partial charge in [0.1, 0.15) is 0 Å². The molecule has 2 N–H and O–H groups in total. The number of carbonyl (C=O) groups is 3. The third-order valence-electron chi connectivity index (χ3n) is 7.24. The van der Waals surface area contributed by atoms with Gasteiger partial charge in [-0.2, -0.15) is 0 Å². The Morgan fingerprint density at radius 1 is 0.548 bits per heavy atom. The smallest absolute Gasteiger partial charge is 0.300 e. The number of hydrogen-bond acceptors (Lipinski definition) is 4. The first-order valence-electron chi connectivity index (χ1n) is 13.6. The van der Waals surface area contributed by atoms with Gasteiger partial charge in [0.2, 0.25) is 0 Å². The van der Waals surface area contributed by atoms with Crippen LogP contribution in [0.25, 0.3) is 5.70 Å². The molecule has 0 unspecified atom stereocenters. The van der Waals surface area contributed by atoms with Crippen LogP contribution in [0.5, 0.6) is 0 Å². The molecule has 5 aromatic carbocycles. The van der Waals surface area contributed by atoms with Crippen molar-refractivity contribution < 1.29 is 14.4 Å².